The third kappa shape index (κ3) is 3.18. The number of nitrogens with zero attached hydrogens (tertiary/aromatic N) is 1. The Morgan fingerprint density at radius 1 is 1.33 bits per heavy atom. The van der Waals surface area contributed by atoms with Gasteiger partial charge in [0.2, 0.25) is 0 Å². The molecule has 0 aromatic heterocycles. The first kappa shape index (κ1) is 14.1. The van der Waals surface area contributed by atoms with E-state index in [1.54, 1.807) is 18.2 Å². The van der Waals surface area contributed by atoms with Crippen molar-refractivity contribution in [1.82, 2.24) is 2.71 Å². The number of sulfone groups is 1. The quantitative estimate of drug-likeness (QED) is 0.622. The third-order valence-electron chi connectivity index (χ3n) is 3.10. The van der Waals surface area contributed by atoms with Crippen molar-refractivity contribution in [2.24, 2.45) is 0 Å². The first-order valence-corrected chi connectivity index (χ1v) is 9.48. The zero-order chi connectivity index (χ0) is 13.2. The Labute approximate surface area is 123 Å². The van der Waals surface area contributed by atoms with Crippen molar-refractivity contribution < 1.29 is 13.2 Å². The number of benzene rings is 1. The van der Waals surface area contributed by atoms with E-state index in [1.807, 2.05) is 0 Å². The minimum absolute atomic E-state index is 0.154. The summed E-state index contributed by atoms with van der Waals surface area (Å²) in [5, 5.41) is 0. The fourth-order valence-corrected chi connectivity index (χ4v) is 5.37. The molecule has 0 amide bonds. The van der Waals surface area contributed by atoms with Crippen molar-refractivity contribution in [3.63, 3.8) is 0 Å². The van der Waals surface area contributed by atoms with Crippen molar-refractivity contribution >= 4 is 41.7 Å². The first-order valence-electron chi connectivity index (χ1n) is 5.82. The van der Waals surface area contributed by atoms with Gasteiger partial charge < -0.3 is 0 Å². The molecule has 6 heteroatoms. The van der Waals surface area contributed by atoms with Gasteiger partial charge in [0, 0.05) is 0 Å². The molecule has 1 atom stereocenters. The molecular weight excluding hydrogens is 443 g/mol. The van der Waals surface area contributed by atoms with Crippen LogP contribution in [0.15, 0.2) is 35.2 Å². The molecule has 1 aromatic carbocycles. The molecule has 1 aromatic rings. The summed E-state index contributed by atoms with van der Waals surface area (Å²) in [6.07, 6.45) is 1.80. The molecule has 2 rings (SSSR count). The van der Waals surface area contributed by atoms with Crippen molar-refractivity contribution in [2.75, 3.05) is 12.3 Å². The summed E-state index contributed by atoms with van der Waals surface area (Å²) in [6.45, 7) is 0.937. The molecule has 1 aliphatic heterocycles. The molecule has 0 radical (unpaired) electrons. The fraction of sp³-hybridized carbons (Fsp3) is 0.417. The maximum atomic E-state index is 12.1. The number of hydrogen-bond acceptors (Lipinski definition) is 4. The SMILES string of the molecule is O=C(CS(=O)(=O)c1ccccc1)[C@H]1CCC[N]1[Tl]. The van der Waals surface area contributed by atoms with Gasteiger partial charge in [-0.1, -0.05) is 0 Å². The van der Waals surface area contributed by atoms with Crippen LogP contribution in [0.25, 0.3) is 0 Å². The van der Waals surface area contributed by atoms with E-state index in [9.17, 15) is 13.2 Å². The molecule has 1 saturated heterocycles. The Kier molecular flexibility index (Phi) is 4.55. The molecule has 0 unspecified atom stereocenters. The van der Waals surface area contributed by atoms with Crippen LogP contribution >= 0.6 is 0 Å². The predicted octanol–water partition coefficient (Wildman–Crippen LogP) is 0.577. The minimum atomic E-state index is -3.48. The van der Waals surface area contributed by atoms with Crippen LogP contribution < -0.4 is 0 Å². The van der Waals surface area contributed by atoms with Crippen LogP contribution in [0.1, 0.15) is 12.8 Å². The van der Waals surface area contributed by atoms with Crippen LogP contribution in [0, 0.1) is 0 Å². The van der Waals surface area contributed by atoms with E-state index < -0.39 is 9.84 Å². The van der Waals surface area contributed by atoms with Crippen molar-refractivity contribution in [3.8, 4) is 0 Å². The molecule has 0 bridgehead atoms. The van der Waals surface area contributed by atoms with Crippen molar-refractivity contribution in [1.29, 1.82) is 0 Å². The second-order valence-corrected chi connectivity index (χ2v) is 9.00. The molecule has 0 N–H and O–H groups in total. The van der Waals surface area contributed by atoms with Gasteiger partial charge in [0.1, 0.15) is 0 Å². The van der Waals surface area contributed by atoms with Gasteiger partial charge in [0.25, 0.3) is 0 Å². The van der Waals surface area contributed by atoms with Crippen LogP contribution in [-0.4, -0.2) is 61.3 Å². The first-order chi connectivity index (χ1) is 8.50. The number of hydrogen-bond donors (Lipinski definition) is 0. The molecule has 4 nitrogen and oxygen atoms in total. The number of ketones is 1. The van der Waals surface area contributed by atoms with E-state index >= 15 is 0 Å². The Morgan fingerprint density at radius 3 is 2.56 bits per heavy atom. The van der Waals surface area contributed by atoms with Gasteiger partial charge >= 0.3 is 124 Å². The van der Waals surface area contributed by atoms with Gasteiger partial charge in [-0.2, -0.15) is 0 Å². The standard InChI is InChI=1S/C12H14NO3S.Tl/c14-12(11-7-4-8-13-11)9-17(15,16)10-5-2-1-3-6-10;/h1-3,5-6,11H,4,7-9H2;/q-1;+1/t11-;/m1./s1. The van der Waals surface area contributed by atoms with Crippen LogP contribution in [-0.2, 0) is 14.6 Å². The summed E-state index contributed by atoms with van der Waals surface area (Å²) < 4.78 is 26.3. The van der Waals surface area contributed by atoms with Crippen molar-refractivity contribution in [2.45, 2.75) is 23.8 Å². The number of carbonyl (C=O) groups is 1. The molecule has 0 saturated carbocycles. The molecule has 0 spiro atoms. The van der Waals surface area contributed by atoms with Gasteiger partial charge in [-0.3, -0.25) is 0 Å². The third-order valence-corrected chi connectivity index (χ3v) is 7.16. The second kappa shape index (κ2) is 5.79. The summed E-state index contributed by atoms with van der Waals surface area (Å²) >= 11 is 0.603. The Balaban J connectivity index is 2.12. The molecule has 94 valence electrons. The summed E-state index contributed by atoms with van der Waals surface area (Å²) in [4.78, 5) is 12.3. The Hall–Kier alpha value is -0.278. The van der Waals surface area contributed by atoms with Gasteiger partial charge in [-0.15, -0.1) is 0 Å². The fourth-order valence-electron chi connectivity index (χ4n) is 2.13. The van der Waals surface area contributed by atoms with Gasteiger partial charge in [0.05, 0.1) is 0 Å². The molecule has 1 aliphatic rings. The van der Waals surface area contributed by atoms with Crippen LogP contribution in [0.5, 0.6) is 0 Å². The van der Waals surface area contributed by atoms with Crippen molar-refractivity contribution in [3.05, 3.63) is 30.3 Å². The normalized spacial score (nSPS) is 20.9. The summed E-state index contributed by atoms with van der Waals surface area (Å²) in [7, 11) is -3.48. The number of Topliss-reactive ketones (excluding diaryl/α,β-unsaturated/α-hetero) is 1. The van der Waals surface area contributed by atoms with Gasteiger partial charge in [-0.05, 0) is 0 Å². The van der Waals surface area contributed by atoms with E-state index in [4.69, 9.17) is 0 Å². The summed E-state index contributed by atoms with van der Waals surface area (Å²) in [6, 6.07) is 8.03. The van der Waals surface area contributed by atoms with Crippen LogP contribution in [0.4, 0.5) is 0 Å². The Bertz CT molecular complexity index is 530. The van der Waals surface area contributed by atoms with E-state index in [-0.39, 0.29) is 22.5 Å². The molecule has 1 heterocycles. The van der Waals surface area contributed by atoms with E-state index in [0.29, 0.717) is 26.1 Å². The van der Waals surface area contributed by atoms with E-state index in [0.717, 1.165) is 19.4 Å². The monoisotopic (exact) mass is 457 g/mol. The maximum absolute atomic E-state index is 12.1. The Morgan fingerprint density at radius 2 is 2.00 bits per heavy atom. The van der Waals surface area contributed by atoms with Crippen LogP contribution in [0.2, 0.25) is 0 Å². The zero-order valence-corrected chi connectivity index (χ0v) is 15.3. The van der Waals surface area contributed by atoms with E-state index in [2.05, 4.69) is 2.71 Å². The van der Waals surface area contributed by atoms with Gasteiger partial charge in [-0.25, -0.2) is 0 Å². The number of rotatable bonds is 4. The van der Waals surface area contributed by atoms with E-state index in [1.165, 1.54) is 12.1 Å². The zero-order valence-electron chi connectivity index (χ0n) is 9.95. The molecule has 18 heavy (non-hydrogen) atoms. The summed E-state index contributed by atoms with van der Waals surface area (Å²) in [5.74, 6) is -0.524. The predicted molar refractivity (Wildman–Crippen MR) is 69.0 cm³/mol. The molecule has 1 fully saturated rings. The average molecular weight is 457 g/mol. The average Bonchev–Trinajstić information content (AvgIpc) is 2.76. The molecular formula is C12H14NO3STl. The second-order valence-electron chi connectivity index (χ2n) is 4.43. The number of carbonyl (C=O) groups excluding carboxylic acids is 1. The topological polar surface area (TPSA) is 54.5 Å². The summed E-state index contributed by atoms with van der Waals surface area (Å²) in [5.41, 5.74) is 0. The van der Waals surface area contributed by atoms with Crippen LogP contribution in [0.3, 0.4) is 0 Å². The van der Waals surface area contributed by atoms with Gasteiger partial charge in [0.15, 0.2) is 0 Å². The molecule has 0 aliphatic carbocycles.